The normalized spacial score (nSPS) is 21.4. The second kappa shape index (κ2) is 9.97. The van der Waals surface area contributed by atoms with E-state index in [1.54, 1.807) is 19.9 Å². The molecule has 0 unspecified atom stereocenters. The van der Waals surface area contributed by atoms with Gasteiger partial charge in [0.1, 0.15) is 23.1 Å². The third-order valence-electron chi connectivity index (χ3n) is 8.24. The second-order valence-corrected chi connectivity index (χ2v) is 11.6. The number of pyridine rings is 1. The first-order valence-electron chi connectivity index (χ1n) is 13.5. The van der Waals surface area contributed by atoms with Crippen LogP contribution in [0.1, 0.15) is 84.0 Å². The zero-order chi connectivity index (χ0) is 26.3. The van der Waals surface area contributed by atoms with E-state index in [1.165, 1.54) is 32.1 Å². The number of aromatic nitrogens is 5. The first kappa shape index (κ1) is 25.5. The van der Waals surface area contributed by atoms with E-state index in [0.717, 1.165) is 30.5 Å². The quantitative estimate of drug-likeness (QED) is 0.433. The third-order valence-corrected chi connectivity index (χ3v) is 8.24. The summed E-state index contributed by atoms with van der Waals surface area (Å²) < 4.78 is 16.7. The number of rotatable bonds is 7. The number of aliphatic hydroxyl groups is 1. The molecule has 37 heavy (non-hydrogen) atoms. The molecule has 0 bridgehead atoms. The molecule has 1 atom stereocenters. The summed E-state index contributed by atoms with van der Waals surface area (Å²) in [6, 6.07) is 3.84. The molecule has 0 saturated heterocycles. The van der Waals surface area contributed by atoms with Crippen molar-refractivity contribution in [1.82, 2.24) is 24.5 Å². The highest BCUT2D eigenvalue weighted by atomic mass is 19.1. The fourth-order valence-electron chi connectivity index (χ4n) is 5.63. The Morgan fingerprint density at radius 1 is 1.19 bits per heavy atom. The molecule has 196 valence electrons. The highest BCUT2D eigenvalue weighted by Crippen LogP contribution is 2.36. The highest BCUT2D eigenvalue weighted by molar-refractivity contribution is 5.87. The molecule has 0 aliphatic heterocycles. The number of hydrogen-bond donors (Lipinski definition) is 2. The van der Waals surface area contributed by atoms with E-state index < -0.39 is 11.4 Å². The Labute approximate surface area is 217 Å². The van der Waals surface area contributed by atoms with Crippen molar-refractivity contribution < 1.29 is 9.50 Å². The number of imidazole rings is 1. The molecule has 2 saturated carbocycles. The van der Waals surface area contributed by atoms with Gasteiger partial charge in [0, 0.05) is 18.2 Å². The van der Waals surface area contributed by atoms with E-state index >= 15 is 0 Å². The van der Waals surface area contributed by atoms with E-state index in [0.29, 0.717) is 41.4 Å². The molecule has 2 aliphatic rings. The van der Waals surface area contributed by atoms with Crippen LogP contribution < -0.4 is 5.32 Å². The van der Waals surface area contributed by atoms with E-state index in [9.17, 15) is 14.8 Å². The number of halogens is 1. The molecule has 0 aromatic carbocycles. The Hall–Kier alpha value is -3.12. The molecular formula is C28H36FN7O. The lowest BCUT2D eigenvalue weighted by atomic mass is 9.80. The number of nitrogens with zero attached hydrogens (tertiary/aromatic N) is 6. The van der Waals surface area contributed by atoms with E-state index in [-0.39, 0.29) is 17.4 Å². The number of nitrogens with one attached hydrogen (secondary N) is 1. The van der Waals surface area contributed by atoms with E-state index in [1.807, 2.05) is 0 Å². The monoisotopic (exact) mass is 505 g/mol. The minimum Gasteiger partial charge on any atom is -0.386 e. The Bertz CT molecular complexity index is 1330. The fourth-order valence-corrected chi connectivity index (χ4v) is 5.63. The fraction of sp³-hybridized carbons (Fsp3) is 0.607. The van der Waals surface area contributed by atoms with Crippen molar-refractivity contribution in [2.45, 2.75) is 90.8 Å². The Kier molecular flexibility index (Phi) is 6.88. The smallest absolute Gasteiger partial charge is 0.236 e. The van der Waals surface area contributed by atoms with Crippen LogP contribution in [0.3, 0.4) is 0 Å². The van der Waals surface area contributed by atoms with Crippen LogP contribution in [0.25, 0.3) is 22.7 Å². The SMILES string of the molecule is C[C@@H](Nc1nc(C#N)nc2nc(-c3cc(C(C)(C)O)c(F)cn3)n(C[C@H]3CC[C@H](C)CC3)c12)C1CCC1. The number of nitriles is 1. The standard InChI is InChI=1S/C28H36FN7O/c1-16-8-10-18(11-9-16)15-36-24-25(32-17(2)19-6-5-7-19)33-23(13-30)34-26(24)35-27(36)22-12-20(28(3,4)37)21(29)14-31-22/h12,14,16-19,37H,5-11,15H2,1-4H3,(H,32,33,34)/t16-,17-,18-/m1/s1. The van der Waals surface area contributed by atoms with Gasteiger partial charge in [-0.05, 0) is 70.3 Å². The van der Waals surface area contributed by atoms with Crippen LogP contribution in [0.4, 0.5) is 10.2 Å². The summed E-state index contributed by atoms with van der Waals surface area (Å²) in [4.78, 5) is 18.2. The van der Waals surface area contributed by atoms with Gasteiger partial charge in [-0.1, -0.05) is 26.2 Å². The summed E-state index contributed by atoms with van der Waals surface area (Å²) in [7, 11) is 0. The maximum absolute atomic E-state index is 14.6. The van der Waals surface area contributed by atoms with Crippen molar-refractivity contribution in [2.75, 3.05) is 5.32 Å². The van der Waals surface area contributed by atoms with Crippen LogP contribution in [-0.2, 0) is 12.1 Å². The number of anilines is 1. The van der Waals surface area contributed by atoms with Crippen molar-refractivity contribution in [3.8, 4) is 17.6 Å². The van der Waals surface area contributed by atoms with Crippen molar-refractivity contribution in [3.05, 3.63) is 29.5 Å². The lowest BCUT2D eigenvalue weighted by Crippen LogP contribution is -2.31. The lowest BCUT2D eigenvalue weighted by Gasteiger charge is -2.32. The number of fused-ring (bicyclic) bond motifs is 1. The second-order valence-electron chi connectivity index (χ2n) is 11.6. The van der Waals surface area contributed by atoms with Gasteiger partial charge in [0.15, 0.2) is 17.3 Å². The van der Waals surface area contributed by atoms with Crippen molar-refractivity contribution in [3.63, 3.8) is 0 Å². The first-order chi connectivity index (χ1) is 17.6. The van der Waals surface area contributed by atoms with Crippen LogP contribution >= 0.6 is 0 Å². The van der Waals surface area contributed by atoms with Crippen molar-refractivity contribution in [2.24, 2.45) is 17.8 Å². The predicted octanol–water partition coefficient (Wildman–Crippen LogP) is 5.55. The summed E-state index contributed by atoms with van der Waals surface area (Å²) in [5.74, 6) is 2.39. The minimum absolute atomic E-state index is 0.0581. The average Bonchev–Trinajstić information content (AvgIpc) is 3.17. The van der Waals surface area contributed by atoms with Gasteiger partial charge in [0.05, 0.1) is 11.8 Å². The Morgan fingerprint density at radius 2 is 1.92 bits per heavy atom. The molecular weight excluding hydrogens is 469 g/mol. The van der Waals surface area contributed by atoms with Gasteiger partial charge < -0.3 is 15.0 Å². The third kappa shape index (κ3) is 5.17. The largest absolute Gasteiger partial charge is 0.386 e. The molecule has 3 aromatic heterocycles. The number of hydrogen-bond acceptors (Lipinski definition) is 7. The van der Waals surface area contributed by atoms with Gasteiger partial charge in [0.25, 0.3) is 0 Å². The van der Waals surface area contributed by atoms with Crippen LogP contribution in [0.15, 0.2) is 12.3 Å². The Balaban J connectivity index is 1.66. The van der Waals surface area contributed by atoms with Crippen molar-refractivity contribution >= 4 is 17.0 Å². The zero-order valence-corrected chi connectivity index (χ0v) is 22.1. The van der Waals surface area contributed by atoms with Crippen molar-refractivity contribution in [1.29, 1.82) is 5.26 Å². The molecule has 0 spiro atoms. The highest BCUT2D eigenvalue weighted by Gasteiger charge is 2.29. The molecule has 2 aliphatic carbocycles. The van der Waals surface area contributed by atoms with Gasteiger partial charge in [0.2, 0.25) is 5.82 Å². The molecule has 3 heterocycles. The Morgan fingerprint density at radius 3 is 2.54 bits per heavy atom. The predicted molar refractivity (Wildman–Crippen MR) is 140 cm³/mol. The molecule has 0 radical (unpaired) electrons. The van der Waals surface area contributed by atoms with Gasteiger partial charge in [-0.2, -0.15) is 15.2 Å². The molecule has 5 rings (SSSR count). The summed E-state index contributed by atoms with van der Waals surface area (Å²) in [5, 5.41) is 23.8. The summed E-state index contributed by atoms with van der Waals surface area (Å²) in [6.07, 6.45) is 9.33. The van der Waals surface area contributed by atoms with Crippen LogP contribution in [-0.4, -0.2) is 35.7 Å². The van der Waals surface area contributed by atoms with Gasteiger partial charge in [-0.15, -0.1) is 0 Å². The van der Waals surface area contributed by atoms with E-state index in [4.69, 9.17) is 4.98 Å². The van der Waals surface area contributed by atoms with Gasteiger partial charge in [-0.3, -0.25) is 0 Å². The summed E-state index contributed by atoms with van der Waals surface area (Å²) in [5.41, 5.74) is 0.400. The molecule has 0 amide bonds. The van der Waals surface area contributed by atoms with Crippen LogP contribution in [0.2, 0.25) is 0 Å². The maximum atomic E-state index is 14.6. The molecule has 2 N–H and O–H groups in total. The molecule has 3 aromatic rings. The lowest BCUT2D eigenvalue weighted by molar-refractivity contribution is 0.0744. The maximum Gasteiger partial charge on any atom is 0.236 e. The van der Waals surface area contributed by atoms with Gasteiger partial charge >= 0.3 is 0 Å². The summed E-state index contributed by atoms with van der Waals surface area (Å²) in [6.45, 7) is 8.27. The molecule has 2 fully saturated rings. The van der Waals surface area contributed by atoms with E-state index in [2.05, 4.69) is 44.8 Å². The molecule has 9 heteroatoms. The first-order valence-corrected chi connectivity index (χ1v) is 13.5. The van der Waals surface area contributed by atoms with Crippen LogP contribution in [0.5, 0.6) is 0 Å². The zero-order valence-electron chi connectivity index (χ0n) is 22.1. The van der Waals surface area contributed by atoms with Crippen LogP contribution in [0, 0.1) is 34.9 Å². The topological polar surface area (TPSA) is 113 Å². The summed E-state index contributed by atoms with van der Waals surface area (Å²) >= 11 is 0. The van der Waals surface area contributed by atoms with Gasteiger partial charge in [-0.25, -0.2) is 14.4 Å². The average molecular weight is 506 g/mol. The molecule has 8 nitrogen and oxygen atoms in total. The minimum atomic E-state index is -1.38.